The summed E-state index contributed by atoms with van der Waals surface area (Å²) in [5.74, 6) is 0. The third kappa shape index (κ3) is 3.49. The van der Waals surface area contributed by atoms with Crippen LogP contribution in [0.2, 0.25) is 0 Å². The van der Waals surface area contributed by atoms with Gasteiger partial charge in [-0.25, -0.2) is 4.79 Å². The predicted molar refractivity (Wildman–Crippen MR) is 21.3 cm³/mol. The van der Waals surface area contributed by atoms with Gasteiger partial charge in [-0.2, -0.15) is 0 Å². The van der Waals surface area contributed by atoms with Gasteiger partial charge in [-0.05, 0) is 0 Å². The van der Waals surface area contributed by atoms with Crippen LogP contribution in [0.15, 0.2) is 0 Å². The minimum atomic E-state index is -1.22. The van der Waals surface area contributed by atoms with Gasteiger partial charge in [0.2, 0.25) is 0 Å². The molecule has 0 aliphatic carbocycles. The summed E-state index contributed by atoms with van der Waals surface area (Å²) in [4.78, 5) is 18.4. The van der Waals surface area contributed by atoms with Crippen LogP contribution in [0.5, 0.6) is 0 Å². The van der Waals surface area contributed by atoms with Gasteiger partial charge >= 0.3 is 5.30 Å². The molecular weight excluding hydrogens is 104 g/mol. The molecule has 0 amide bonds. The molecule has 3 nitrogen and oxygen atoms in total. The van der Waals surface area contributed by atoms with Crippen molar-refractivity contribution in [3.63, 3.8) is 0 Å². The van der Waals surface area contributed by atoms with Crippen molar-refractivity contribution >= 4 is 22.7 Å². The fourth-order valence-corrected chi connectivity index (χ4v) is 0.107. The average molecular weight is 105 g/mol. The highest BCUT2D eigenvalue weighted by Gasteiger charge is 1.90. The highest BCUT2D eigenvalue weighted by atomic mass is 32.2. The Labute approximate surface area is 38.3 Å². The third-order valence-corrected chi connectivity index (χ3v) is 0.387. The van der Waals surface area contributed by atoms with Crippen molar-refractivity contribution in [1.82, 2.24) is 0 Å². The number of carboxylic acid groups (broad SMARTS) is 1. The van der Waals surface area contributed by atoms with E-state index < -0.39 is 5.30 Å². The fraction of sp³-hybridized carbons (Fsp3) is 0. The predicted octanol–water partition coefficient (Wildman–Crippen LogP) is 0.465. The smallest absolute Gasteiger partial charge is 0.373 e. The van der Waals surface area contributed by atoms with Gasteiger partial charge < -0.3 is 5.11 Å². The highest BCUT2D eigenvalue weighted by Crippen LogP contribution is 1.90. The van der Waals surface area contributed by atoms with Gasteiger partial charge in [0.15, 0.2) is 0 Å². The van der Waals surface area contributed by atoms with Crippen LogP contribution in [0.25, 0.3) is 0 Å². The van der Waals surface area contributed by atoms with Gasteiger partial charge in [0.1, 0.15) is 0 Å². The molecule has 0 saturated heterocycles. The molecule has 0 aliphatic rings. The molecule has 0 heterocycles. The maximum Gasteiger partial charge on any atom is 0.373 e. The standard InChI is InChI=1S/C2HO3S/c3-1-6-2(4)5/h(H,4,5). The Morgan fingerprint density at radius 2 is 2.33 bits per heavy atom. The number of hydrogen-bond donors (Lipinski definition) is 1. The van der Waals surface area contributed by atoms with E-state index in [1.165, 1.54) is 0 Å². The monoisotopic (exact) mass is 105 g/mol. The molecular formula is C2HO3S. The minimum absolute atomic E-state index is 0.0972. The third-order valence-electron chi connectivity index (χ3n) is 0.129. The summed E-state index contributed by atoms with van der Waals surface area (Å²) in [6, 6.07) is 0. The largest absolute Gasteiger partial charge is 0.473 e. The van der Waals surface area contributed by atoms with Crippen LogP contribution in [0.1, 0.15) is 0 Å². The van der Waals surface area contributed by atoms with Gasteiger partial charge in [0, 0.05) is 11.8 Å². The summed E-state index contributed by atoms with van der Waals surface area (Å²) in [6.45, 7) is 0. The van der Waals surface area contributed by atoms with Crippen molar-refractivity contribution in [3.8, 4) is 0 Å². The Balaban J connectivity index is 3.05. The molecule has 33 valence electrons. The van der Waals surface area contributed by atoms with Crippen LogP contribution in [0.3, 0.4) is 0 Å². The molecule has 0 aromatic heterocycles. The van der Waals surface area contributed by atoms with E-state index in [2.05, 4.69) is 0 Å². The number of carbonyl (C=O) groups excluding carboxylic acids is 1. The fourth-order valence-electron chi connectivity index (χ4n) is 0.0356. The van der Waals surface area contributed by atoms with Gasteiger partial charge in [-0.15, -0.1) is 0 Å². The van der Waals surface area contributed by atoms with E-state index in [-0.39, 0.29) is 11.8 Å². The number of carbonyl (C=O) groups is 1. The van der Waals surface area contributed by atoms with Crippen molar-refractivity contribution in [2.24, 2.45) is 0 Å². The summed E-state index contributed by atoms with van der Waals surface area (Å²) < 4.78 is 0. The lowest BCUT2D eigenvalue weighted by Gasteiger charge is -1.69. The zero-order valence-electron chi connectivity index (χ0n) is 2.67. The summed E-state index contributed by atoms with van der Waals surface area (Å²) in [5.41, 5.74) is 1.13. The lowest BCUT2D eigenvalue weighted by molar-refractivity contribution is 0.222. The molecule has 1 radical (unpaired) electrons. The lowest BCUT2D eigenvalue weighted by atomic mass is 11.6. The molecule has 6 heavy (non-hydrogen) atoms. The lowest BCUT2D eigenvalue weighted by Crippen LogP contribution is -1.79. The molecule has 0 rings (SSSR count). The Bertz CT molecular complexity index is 69.2. The van der Waals surface area contributed by atoms with E-state index in [1.54, 1.807) is 0 Å². The molecule has 0 unspecified atom stereocenters. The zero-order chi connectivity index (χ0) is 4.99. The number of rotatable bonds is 1. The van der Waals surface area contributed by atoms with Crippen LogP contribution in [0, 0.1) is 0 Å². The van der Waals surface area contributed by atoms with Crippen LogP contribution < -0.4 is 0 Å². The Kier molecular flexibility index (Phi) is 2.48. The average Bonchev–Trinajstić information content (AvgIpc) is 1.35. The Morgan fingerprint density at radius 3 is 2.33 bits per heavy atom. The van der Waals surface area contributed by atoms with E-state index >= 15 is 0 Å². The Morgan fingerprint density at radius 1 is 1.83 bits per heavy atom. The first-order valence-corrected chi connectivity index (χ1v) is 1.86. The van der Waals surface area contributed by atoms with E-state index in [0.717, 1.165) is 5.62 Å². The van der Waals surface area contributed by atoms with Crippen molar-refractivity contribution in [2.45, 2.75) is 0 Å². The second-order valence-electron chi connectivity index (χ2n) is 0.451. The first kappa shape index (κ1) is 5.49. The molecule has 0 saturated carbocycles. The summed E-state index contributed by atoms with van der Waals surface area (Å²) in [5, 5.41) is 6.40. The van der Waals surface area contributed by atoms with E-state index in [0.29, 0.717) is 0 Å². The molecule has 0 aliphatic heterocycles. The van der Waals surface area contributed by atoms with Crippen molar-refractivity contribution in [2.75, 3.05) is 0 Å². The van der Waals surface area contributed by atoms with Crippen LogP contribution >= 0.6 is 11.8 Å². The zero-order valence-corrected chi connectivity index (χ0v) is 3.49. The molecule has 4 heteroatoms. The maximum atomic E-state index is 9.30. The molecule has 0 bridgehead atoms. The van der Waals surface area contributed by atoms with E-state index in [4.69, 9.17) is 9.90 Å². The van der Waals surface area contributed by atoms with Gasteiger partial charge in [-0.1, -0.05) is 0 Å². The molecule has 0 fully saturated rings. The van der Waals surface area contributed by atoms with Crippen molar-refractivity contribution in [3.05, 3.63) is 0 Å². The quantitative estimate of drug-likeness (QED) is 0.526. The van der Waals surface area contributed by atoms with E-state index in [1.807, 2.05) is 0 Å². The van der Waals surface area contributed by atoms with Crippen LogP contribution in [-0.2, 0) is 4.79 Å². The maximum absolute atomic E-state index is 9.30. The van der Waals surface area contributed by atoms with Crippen molar-refractivity contribution < 1.29 is 14.7 Å². The SMILES string of the molecule is O=[C]SC(=O)O. The summed E-state index contributed by atoms with van der Waals surface area (Å²) in [7, 11) is 0. The molecule has 0 aromatic carbocycles. The minimum Gasteiger partial charge on any atom is -0.473 e. The van der Waals surface area contributed by atoms with Crippen LogP contribution in [-0.4, -0.2) is 16.0 Å². The number of hydrogen-bond acceptors (Lipinski definition) is 3. The molecule has 0 aromatic rings. The van der Waals surface area contributed by atoms with Crippen LogP contribution in [0.4, 0.5) is 4.79 Å². The Hall–Kier alpha value is -0.510. The van der Waals surface area contributed by atoms with Crippen molar-refractivity contribution in [1.29, 1.82) is 0 Å². The molecule has 0 spiro atoms. The molecule has 0 atom stereocenters. The second kappa shape index (κ2) is 2.71. The summed E-state index contributed by atoms with van der Waals surface area (Å²) >= 11 is 0.0972. The number of thioether (sulfide) groups is 1. The van der Waals surface area contributed by atoms with E-state index in [9.17, 15) is 4.79 Å². The first-order chi connectivity index (χ1) is 2.77. The highest BCUT2D eigenvalue weighted by molar-refractivity contribution is 8.24. The summed E-state index contributed by atoms with van der Waals surface area (Å²) in [6.07, 6.45) is 0. The van der Waals surface area contributed by atoms with Gasteiger partial charge in [0.05, 0.1) is 0 Å². The van der Waals surface area contributed by atoms with Gasteiger partial charge in [0.25, 0.3) is 5.62 Å². The topological polar surface area (TPSA) is 54.4 Å². The second-order valence-corrected chi connectivity index (χ2v) is 1.17. The van der Waals surface area contributed by atoms with Gasteiger partial charge in [-0.3, -0.25) is 4.79 Å². The molecule has 1 N–H and O–H groups in total. The first-order valence-electron chi connectivity index (χ1n) is 1.04. The normalized spacial score (nSPS) is 7.33.